The summed E-state index contributed by atoms with van der Waals surface area (Å²) in [6.07, 6.45) is -0.0996. The van der Waals surface area contributed by atoms with E-state index in [0.29, 0.717) is 19.8 Å². The van der Waals surface area contributed by atoms with Crippen molar-refractivity contribution in [3.05, 3.63) is 35.9 Å². The molecule has 0 spiro atoms. The third kappa shape index (κ3) is 3.02. The highest BCUT2D eigenvalue weighted by Crippen LogP contribution is 2.10. The van der Waals surface area contributed by atoms with Gasteiger partial charge in [-0.1, -0.05) is 30.3 Å². The van der Waals surface area contributed by atoms with E-state index in [-0.39, 0.29) is 6.23 Å². The minimum absolute atomic E-state index is 0.0996. The molecule has 1 aliphatic rings. The Labute approximate surface area is 95.7 Å². The fraction of sp³-hybridized carbons (Fsp3) is 0.500. The van der Waals surface area contributed by atoms with Crippen LogP contribution in [0.2, 0.25) is 0 Å². The summed E-state index contributed by atoms with van der Waals surface area (Å²) in [4.78, 5) is 5.70. The van der Waals surface area contributed by atoms with Gasteiger partial charge in [-0.2, -0.15) is 5.06 Å². The van der Waals surface area contributed by atoms with Crippen LogP contribution in [0.4, 0.5) is 0 Å². The Bertz CT molecular complexity index is 304. The van der Waals surface area contributed by atoms with Crippen molar-refractivity contribution in [1.82, 2.24) is 5.06 Å². The molecule has 0 amide bonds. The van der Waals surface area contributed by atoms with Crippen LogP contribution in [0.1, 0.15) is 5.56 Å². The molecule has 0 radical (unpaired) electrons. The topological polar surface area (TPSA) is 30.9 Å². The average Bonchev–Trinajstić information content (AvgIpc) is 2.38. The molecular weight excluding hydrogens is 206 g/mol. The number of nitrogens with zero attached hydrogens (tertiary/aromatic N) is 1. The predicted molar refractivity (Wildman–Crippen MR) is 59.6 cm³/mol. The number of ether oxygens (including phenoxy) is 2. The van der Waals surface area contributed by atoms with E-state index in [1.54, 1.807) is 7.11 Å². The first kappa shape index (κ1) is 11.5. The lowest BCUT2D eigenvalue weighted by Gasteiger charge is -2.33. The minimum atomic E-state index is -0.0996. The number of benzene rings is 1. The standard InChI is InChI=1S/C12H17NO3/c1-14-12-10-15-8-7-13(12)16-9-11-5-3-2-4-6-11/h2-6,12H,7-10H2,1H3. The van der Waals surface area contributed by atoms with Crippen molar-refractivity contribution in [2.45, 2.75) is 12.8 Å². The summed E-state index contributed by atoms with van der Waals surface area (Å²) < 4.78 is 10.6. The molecule has 4 heteroatoms. The van der Waals surface area contributed by atoms with Crippen LogP contribution in [0.5, 0.6) is 0 Å². The van der Waals surface area contributed by atoms with Crippen molar-refractivity contribution >= 4 is 0 Å². The van der Waals surface area contributed by atoms with Crippen molar-refractivity contribution < 1.29 is 14.3 Å². The van der Waals surface area contributed by atoms with Gasteiger partial charge in [-0.3, -0.25) is 4.84 Å². The average molecular weight is 223 g/mol. The number of rotatable bonds is 4. The van der Waals surface area contributed by atoms with Gasteiger partial charge in [0.05, 0.1) is 26.4 Å². The highest BCUT2D eigenvalue weighted by atomic mass is 16.7. The molecule has 1 heterocycles. The normalized spacial score (nSPS) is 22.2. The molecule has 1 saturated heterocycles. The second-order valence-corrected chi connectivity index (χ2v) is 3.66. The van der Waals surface area contributed by atoms with Gasteiger partial charge in [0.15, 0.2) is 6.23 Å². The largest absolute Gasteiger partial charge is 0.376 e. The zero-order valence-electron chi connectivity index (χ0n) is 9.46. The molecule has 1 atom stereocenters. The summed E-state index contributed by atoms with van der Waals surface area (Å²) in [6.45, 7) is 2.56. The van der Waals surface area contributed by atoms with Gasteiger partial charge in [-0.15, -0.1) is 0 Å². The van der Waals surface area contributed by atoms with Gasteiger partial charge in [0.1, 0.15) is 0 Å². The Balaban J connectivity index is 1.84. The molecule has 1 aliphatic heterocycles. The summed E-state index contributed by atoms with van der Waals surface area (Å²) in [5.74, 6) is 0. The van der Waals surface area contributed by atoms with E-state index in [4.69, 9.17) is 14.3 Å². The molecule has 1 aromatic carbocycles. The summed E-state index contributed by atoms with van der Waals surface area (Å²) in [6, 6.07) is 10.1. The van der Waals surface area contributed by atoms with E-state index in [0.717, 1.165) is 12.1 Å². The number of hydrogen-bond donors (Lipinski definition) is 0. The monoisotopic (exact) mass is 223 g/mol. The lowest BCUT2D eigenvalue weighted by Crippen LogP contribution is -2.46. The predicted octanol–water partition coefficient (Wildman–Crippen LogP) is 1.42. The van der Waals surface area contributed by atoms with Gasteiger partial charge in [-0.05, 0) is 5.56 Å². The minimum Gasteiger partial charge on any atom is -0.376 e. The molecule has 4 nitrogen and oxygen atoms in total. The highest BCUT2D eigenvalue weighted by molar-refractivity contribution is 5.13. The summed E-state index contributed by atoms with van der Waals surface area (Å²) in [7, 11) is 1.66. The molecule has 1 unspecified atom stereocenters. The molecule has 16 heavy (non-hydrogen) atoms. The molecule has 1 aromatic rings. The molecule has 0 saturated carbocycles. The van der Waals surface area contributed by atoms with Crippen molar-refractivity contribution in [2.75, 3.05) is 26.9 Å². The van der Waals surface area contributed by atoms with Gasteiger partial charge in [-0.25, -0.2) is 0 Å². The van der Waals surface area contributed by atoms with E-state index < -0.39 is 0 Å². The first-order chi connectivity index (χ1) is 7.90. The molecule has 88 valence electrons. The number of hydroxylamine groups is 2. The van der Waals surface area contributed by atoms with Crippen LogP contribution in [-0.4, -0.2) is 38.2 Å². The van der Waals surface area contributed by atoms with Crippen LogP contribution in [-0.2, 0) is 20.9 Å². The maximum atomic E-state index is 5.70. The fourth-order valence-electron chi connectivity index (χ4n) is 1.63. The zero-order chi connectivity index (χ0) is 11.2. The SMILES string of the molecule is COC1COCCN1OCc1ccccc1. The van der Waals surface area contributed by atoms with Crippen LogP contribution in [0.3, 0.4) is 0 Å². The Morgan fingerprint density at radius 2 is 2.19 bits per heavy atom. The van der Waals surface area contributed by atoms with Gasteiger partial charge in [0.25, 0.3) is 0 Å². The number of methoxy groups -OCH3 is 1. The molecule has 2 rings (SSSR count). The molecule has 1 fully saturated rings. The third-order valence-corrected chi connectivity index (χ3v) is 2.55. The maximum absolute atomic E-state index is 5.70. The lowest BCUT2D eigenvalue weighted by molar-refractivity contribution is -0.289. The third-order valence-electron chi connectivity index (χ3n) is 2.55. The summed E-state index contributed by atoms with van der Waals surface area (Å²) in [5, 5.41) is 1.84. The lowest BCUT2D eigenvalue weighted by atomic mass is 10.2. The van der Waals surface area contributed by atoms with Crippen LogP contribution in [0, 0.1) is 0 Å². The Kier molecular flexibility index (Phi) is 4.30. The van der Waals surface area contributed by atoms with Crippen LogP contribution >= 0.6 is 0 Å². The van der Waals surface area contributed by atoms with Gasteiger partial charge in [0.2, 0.25) is 0 Å². The molecule has 0 aliphatic carbocycles. The van der Waals surface area contributed by atoms with Crippen LogP contribution in [0.25, 0.3) is 0 Å². The highest BCUT2D eigenvalue weighted by Gasteiger charge is 2.23. The Morgan fingerprint density at radius 1 is 1.38 bits per heavy atom. The maximum Gasteiger partial charge on any atom is 0.155 e. The van der Waals surface area contributed by atoms with E-state index in [9.17, 15) is 0 Å². The van der Waals surface area contributed by atoms with Gasteiger partial charge in [0, 0.05) is 7.11 Å². The first-order valence-corrected chi connectivity index (χ1v) is 5.44. The van der Waals surface area contributed by atoms with Crippen LogP contribution < -0.4 is 0 Å². The van der Waals surface area contributed by atoms with Gasteiger partial charge >= 0.3 is 0 Å². The van der Waals surface area contributed by atoms with Gasteiger partial charge < -0.3 is 9.47 Å². The molecular formula is C12H17NO3. The number of morpholine rings is 1. The van der Waals surface area contributed by atoms with Crippen molar-refractivity contribution in [3.8, 4) is 0 Å². The second kappa shape index (κ2) is 5.96. The fourth-order valence-corrected chi connectivity index (χ4v) is 1.63. The van der Waals surface area contributed by atoms with Crippen molar-refractivity contribution in [3.63, 3.8) is 0 Å². The molecule has 0 bridgehead atoms. The van der Waals surface area contributed by atoms with E-state index in [2.05, 4.69) is 0 Å². The van der Waals surface area contributed by atoms with Crippen LogP contribution in [0.15, 0.2) is 30.3 Å². The molecule has 0 N–H and O–H groups in total. The van der Waals surface area contributed by atoms with E-state index in [1.807, 2.05) is 35.4 Å². The van der Waals surface area contributed by atoms with Crippen molar-refractivity contribution in [2.24, 2.45) is 0 Å². The number of hydrogen-bond acceptors (Lipinski definition) is 4. The summed E-state index contributed by atoms with van der Waals surface area (Å²) >= 11 is 0. The smallest absolute Gasteiger partial charge is 0.155 e. The van der Waals surface area contributed by atoms with Crippen molar-refractivity contribution in [1.29, 1.82) is 0 Å². The molecule has 0 aromatic heterocycles. The van der Waals surface area contributed by atoms with E-state index >= 15 is 0 Å². The zero-order valence-corrected chi connectivity index (χ0v) is 9.46. The quantitative estimate of drug-likeness (QED) is 0.772. The van der Waals surface area contributed by atoms with E-state index in [1.165, 1.54) is 0 Å². The summed E-state index contributed by atoms with van der Waals surface area (Å²) in [5.41, 5.74) is 1.16. The Morgan fingerprint density at radius 3 is 2.94 bits per heavy atom. The second-order valence-electron chi connectivity index (χ2n) is 3.66. The first-order valence-electron chi connectivity index (χ1n) is 5.44. The Hall–Kier alpha value is -0.940.